The number of nitrogens with zero attached hydrogens (tertiary/aromatic N) is 5. The number of rotatable bonds is 10. The zero-order chi connectivity index (χ0) is 19.1. The van der Waals surface area contributed by atoms with Gasteiger partial charge in [0, 0.05) is 31.0 Å². The summed E-state index contributed by atoms with van der Waals surface area (Å²) in [6, 6.07) is 0. The number of fused-ring (bicyclic) bond motifs is 1. The molecule has 2 atom stereocenters. The van der Waals surface area contributed by atoms with E-state index in [1.165, 1.54) is 6.33 Å². The second-order valence-electron chi connectivity index (χ2n) is 5.85. The number of aliphatic imine (C=N–C) groups is 1. The largest absolute Gasteiger partial charge is 0.394 e. The van der Waals surface area contributed by atoms with Crippen molar-refractivity contribution in [3.63, 3.8) is 0 Å². The van der Waals surface area contributed by atoms with Gasteiger partial charge in [0.2, 0.25) is 0 Å². The normalized spacial score (nSPS) is 14.0. The maximum absolute atomic E-state index is 9.57. The van der Waals surface area contributed by atoms with Gasteiger partial charge in [0.05, 0.1) is 31.5 Å². The van der Waals surface area contributed by atoms with E-state index >= 15 is 0 Å². The lowest BCUT2D eigenvalue weighted by Gasteiger charge is -2.25. The SMILES string of the molecule is C=CCOC(Cn1cc(I)c2c(N=CN(C)C)ncnc21)C(CO)OC. The van der Waals surface area contributed by atoms with E-state index in [-0.39, 0.29) is 12.7 Å². The van der Waals surface area contributed by atoms with Gasteiger partial charge in [-0.1, -0.05) is 6.08 Å². The Balaban J connectivity index is 2.39. The van der Waals surface area contributed by atoms with Crippen LogP contribution in [0, 0.1) is 3.57 Å². The lowest BCUT2D eigenvalue weighted by atomic mass is 10.2. The first kappa shape index (κ1) is 20.7. The first-order valence-electron chi connectivity index (χ1n) is 8.07. The van der Waals surface area contributed by atoms with Crippen molar-refractivity contribution in [3.8, 4) is 0 Å². The molecule has 0 aliphatic carbocycles. The van der Waals surface area contributed by atoms with Gasteiger partial charge in [0.25, 0.3) is 0 Å². The summed E-state index contributed by atoms with van der Waals surface area (Å²) in [5, 5.41) is 10.4. The standard InChI is InChI=1S/C17H24IN5O3/c1-5-6-26-13(14(9-24)25-4)8-23-7-12(18)15-16(21-11-22(2)3)19-10-20-17(15)23/h5,7,10-11,13-14,24H,1,6,8-9H2,2-4H3. The fraction of sp³-hybridized carbons (Fsp3) is 0.471. The van der Waals surface area contributed by atoms with Crippen LogP contribution < -0.4 is 0 Å². The summed E-state index contributed by atoms with van der Waals surface area (Å²) in [7, 11) is 5.36. The molecule has 2 aromatic heterocycles. The van der Waals surface area contributed by atoms with Crippen molar-refractivity contribution in [3.05, 3.63) is 28.7 Å². The zero-order valence-corrected chi connectivity index (χ0v) is 17.3. The molecule has 142 valence electrons. The van der Waals surface area contributed by atoms with Crippen molar-refractivity contribution in [2.24, 2.45) is 4.99 Å². The van der Waals surface area contributed by atoms with Crippen LogP contribution in [0.15, 0.2) is 30.2 Å². The maximum atomic E-state index is 9.57. The number of ether oxygens (including phenoxy) is 2. The third-order valence-electron chi connectivity index (χ3n) is 3.70. The van der Waals surface area contributed by atoms with Gasteiger partial charge < -0.3 is 24.0 Å². The molecule has 0 aliphatic rings. The second-order valence-corrected chi connectivity index (χ2v) is 7.01. The molecule has 9 heteroatoms. The lowest BCUT2D eigenvalue weighted by Crippen LogP contribution is -2.37. The van der Waals surface area contributed by atoms with Gasteiger partial charge in [-0.2, -0.15) is 0 Å². The monoisotopic (exact) mass is 473 g/mol. The van der Waals surface area contributed by atoms with Crippen molar-refractivity contribution in [2.75, 3.05) is 34.4 Å². The van der Waals surface area contributed by atoms with Gasteiger partial charge in [0.1, 0.15) is 24.2 Å². The summed E-state index contributed by atoms with van der Waals surface area (Å²) >= 11 is 2.25. The first-order valence-corrected chi connectivity index (χ1v) is 9.15. The van der Waals surface area contributed by atoms with Crippen molar-refractivity contribution < 1.29 is 14.6 Å². The topological polar surface area (TPSA) is 85.0 Å². The van der Waals surface area contributed by atoms with Crippen LogP contribution in [0.25, 0.3) is 11.0 Å². The zero-order valence-electron chi connectivity index (χ0n) is 15.2. The van der Waals surface area contributed by atoms with Crippen molar-refractivity contribution in [1.29, 1.82) is 0 Å². The minimum atomic E-state index is -0.446. The molecule has 2 unspecified atom stereocenters. The van der Waals surface area contributed by atoms with Gasteiger partial charge in [-0.25, -0.2) is 15.0 Å². The van der Waals surface area contributed by atoms with Crippen LogP contribution in [0.5, 0.6) is 0 Å². The summed E-state index contributed by atoms with van der Waals surface area (Å²) in [5.41, 5.74) is 0.760. The predicted molar refractivity (Wildman–Crippen MR) is 110 cm³/mol. The smallest absolute Gasteiger partial charge is 0.167 e. The molecule has 8 nitrogen and oxygen atoms in total. The van der Waals surface area contributed by atoms with Crippen LogP contribution in [0.1, 0.15) is 0 Å². The first-order chi connectivity index (χ1) is 12.5. The van der Waals surface area contributed by atoms with Gasteiger partial charge in [-0.15, -0.1) is 6.58 Å². The van der Waals surface area contributed by atoms with Gasteiger partial charge in [0.15, 0.2) is 5.82 Å². The van der Waals surface area contributed by atoms with Crippen LogP contribution >= 0.6 is 22.6 Å². The number of methoxy groups -OCH3 is 1. The summed E-state index contributed by atoms with van der Waals surface area (Å²) in [5.74, 6) is 0.612. The Kier molecular flexibility index (Phi) is 7.94. The number of hydrogen-bond acceptors (Lipinski definition) is 6. The van der Waals surface area contributed by atoms with Crippen LogP contribution in [-0.4, -0.2) is 77.5 Å². The molecule has 0 saturated carbocycles. The van der Waals surface area contributed by atoms with Gasteiger partial charge in [-0.3, -0.25) is 0 Å². The van der Waals surface area contributed by atoms with Crippen LogP contribution in [0.4, 0.5) is 5.82 Å². The third-order valence-corrected chi connectivity index (χ3v) is 4.52. The minimum Gasteiger partial charge on any atom is -0.394 e. The molecular weight excluding hydrogens is 449 g/mol. The van der Waals surface area contributed by atoms with E-state index in [1.54, 1.807) is 19.5 Å². The number of halogens is 1. The summed E-state index contributed by atoms with van der Waals surface area (Å²) in [6.45, 7) is 4.38. The Hall–Kier alpha value is -1.56. The van der Waals surface area contributed by atoms with E-state index in [1.807, 2.05) is 29.8 Å². The van der Waals surface area contributed by atoms with Gasteiger partial charge >= 0.3 is 0 Å². The average molecular weight is 473 g/mol. The van der Waals surface area contributed by atoms with E-state index < -0.39 is 6.10 Å². The number of aliphatic hydroxyl groups excluding tert-OH is 1. The third kappa shape index (κ3) is 5.00. The van der Waals surface area contributed by atoms with E-state index in [0.717, 1.165) is 14.6 Å². The summed E-state index contributed by atoms with van der Waals surface area (Å²) < 4.78 is 14.1. The molecule has 0 amide bonds. The number of aliphatic hydroxyl groups is 1. The second kappa shape index (κ2) is 9.95. The summed E-state index contributed by atoms with van der Waals surface area (Å²) in [6.07, 6.45) is 6.05. The van der Waals surface area contributed by atoms with E-state index in [0.29, 0.717) is 19.0 Å². The fourth-order valence-electron chi connectivity index (χ4n) is 2.48. The van der Waals surface area contributed by atoms with Crippen LogP contribution in [0.2, 0.25) is 0 Å². The lowest BCUT2D eigenvalue weighted by molar-refractivity contribution is -0.0752. The number of hydrogen-bond donors (Lipinski definition) is 1. The quantitative estimate of drug-likeness (QED) is 0.246. The molecule has 0 spiro atoms. The molecule has 0 aromatic carbocycles. The molecule has 2 aromatic rings. The predicted octanol–water partition coefficient (Wildman–Crippen LogP) is 1.84. The van der Waals surface area contributed by atoms with Crippen LogP contribution in [-0.2, 0) is 16.0 Å². The molecule has 2 heterocycles. The van der Waals surface area contributed by atoms with Crippen molar-refractivity contribution in [2.45, 2.75) is 18.8 Å². The average Bonchev–Trinajstić information content (AvgIpc) is 2.95. The summed E-state index contributed by atoms with van der Waals surface area (Å²) in [4.78, 5) is 15.0. The molecule has 0 saturated heterocycles. The van der Waals surface area contributed by atoms with E-state index in [9.17, 15) is 5.11 Å². The Labute approximate surface area is 166 Å². The highest BCUT2D eigenvalue weighted by Crippen LogP contribution is 2.29. The molecule has 2 rings (SSSR count). The molecular formula is C17H24IN5O3. The maximum Gasteiger partial charge on any atom is 0.167 e. The Morgan fingerprint density at radius 2 is 2.19 bits per heavy atom. The van der Waals surface area contributed by atoms with E-state index in [4.69, 9.17) is 9.47 Å². The van der Waals surface area contributed by atoms with Crippen LogP contribution in [0.3, 0.4) is 0 Å². The molecule has 0 fully saturated rings. The Morgan fingerprint density at radius 3 is 2.81 bits per heavy atom. The highest BCUT2D eigenvalue weighted by atomic mass is 127. The molecule has 0 aliphatic heterocycles. The number of aromatic nitrogens is 3. The minimum absolute atomic E-state index is 0.137. The molecule has 0 bridgehead atoms. The molecule has 0 radical (unpaired) electrons. The fourth-order valence-corrected chi connectivity index (χ4v) is 3.29. The molecule has 26 heavy (non-hydrogen) atoms. The van der Waals surface area contributed by atoms with Gasteiger partial charge in [-0.05, 0) is 22.6 Å². The molecule has 1 N–H and O–H groups in total. The van der Waals surface area contributed by atoms with E-state index in [2.05, 4.69) is 44.1 Å². The Morgan fingerprint density at radius 1 is 1.42 bits per heavy atom. The Bertz CT molecular complexity index is 758. The van der Waals surface area contributed by atoms with Crippen molar-refractivity contribution in [1.82, 2.24) is 19.4 Å². The highest BCUT2D eigenvalue weighted by Gasteiger charge is 2.24. The highest BCUT2D eigenvalue weighted by molar-refractivity contribution is 14.1. The van der Waals surface area contributed by atoms with Crippen molar-refractivity contribution >= 4 is 45.8 Å².